The van der Waals surface area contributed by atoms with Crippen molar-refractivity contribution in [3.63, 3.8) is 0 Å². The van der Waals surface area contributed by atoms with E-state index >= 15 is 0 Å². The van der Waals surface area contributed by atoms with Gasteiger partial charge in [0.1, 0.15) is 10.7 Å². The van der Waals surface area contributed by atoms with Gasteiger partial charge in [-0.05, 0) is 37.1 Å². The predicted molar refractivity (Wildman–Crippen MR) is 85.2 cm³/mol. The van der Waals surface area contributed by atoms with E-state index in [1.54, 1.807) is 13.8 Å². The number of hydrogen-bond acceptors (Lipinski definition) is 3. The quantitative estimate of drug-likeness (QED) is 0.669. The normalized spacial score (nSPS) is 12.1. The molecule has 23 heavy (non-hydrogen) atoms. The van der Waals surface area contributed by atoms with Gasteiger partial charge in [0.2, 0.25) is 0 Å². The highest BCUT2D eigenvalue weighted by atomic mass is 35.5. The van der Waals surface area contributed by atoms with Gasteiger partial charge in [-0.3, -0.25) is 4.79 Å². The zero-order valence-electron chi connectivity index (χ0n) is 12.0. The number of fused-ring (bicyclic) bond motifs is 1. The van der Waals surface area contributed by atoms with Gasteiger partial charge >= 0.3 is 6.18 Å². The Morgan fingerprint density at radius 3 is 2.61 bits per heavy atom. The summed E-state index contributed by atoms with van der Waals surface area (Å²) in [5.74, 6) is 0.461. The van der Waals surface area contributed by atoms with Crippen LogP contribution in [0.5, 0.6) is 0 Å². The summed E-state index contributed by atoms with van der Waals surface area (Å²) in [6.45, 7) is 3.35. The molecule has 0 spiro atoms. The SMILES string of the molecule is Cc1nc2sc(-c3ccc(Cl)c(C(F)(F)F)c3)c(C)c2c(=O)[nH]1. The van der Waals surface area contributed by atoms with Crippen molar-refractivity contribution in [2.45, 2.75) is 20.0 Å². The monoisotopic (exact) mass is 358 g/mol. The second-order valence-electron chi connectivity index (χ2n) is 5.08. The number of aromatic nitrogens is 2. The zero-order chi connectivity index (χ0) is 16.9. The lowest BCUT2D eigenvalue weighted by Crippen LogP contribution is -2.09. The van der Waals surface area contributed by atoms with Crippen molar-refractivity contribution in [2.75, 3.05) is 0 Å². The molecule has 2 aromatic heterocycles. The Morgan fingerprint density at radius 2 is 1.96 bits per heavy atom. The maximum absolute atomic E-state index is 13.0. The van der Waals surface area contributed by atoms with E-state index in [4.69, 9.17) is 11.6 Å². The minimum atomic E-state index is -4.54. The molecule has 2 heterocycles. The summed E-state index contributed by atoms with van der Waals surface area (Å²) in [5.41, 5.74) is -0.224. The number of rotatable bonds is 1. The first kappa shape index (κ1) is 16.0. The number of halogens is 4. The highest BCUT2D eigenvalue weighted by Crippen LogP contribution is 2.41. The van der Waals surface area contributed by atoms with E-state index in [1.807, 2.05) is 0 Å². The number of nitrogens with zero attached hydrogens (tertiary/aromatic N) is 1. The zero-order valence-corrected chi connectivity index (χ0v) is 13.6. The summed E-state index contributed by atoms with van der Waals surface area (Å²) in [6, 6.07) is 3.73. The fraction of sp³-hybridized carbons (Fsp3) is 0.200. The van der Waals surface area contributed by atoms with Crippen LogP contribution in [0.15, 0.2) is 23.0 Å². The van der Waals surface area contributed by atoms with Gasteiger partial charge in [0.15, 0.2) is 0 Å². The molecule has 1 N–H and O–H groups in total. The van der Waals surface area contributed by atoms with Crippen LogP contribution in [0.2, 0.25) is 5.02 Å². The first-order valence-electron chi connectivity index (χ1n) is 6.55. The average molecular weight is 359 g/mol. The summed E-state index contributed by atoms with van der Waals surface area (Å²) in [5, 5.41) is 0.0472. The lowest BCUT2D eigenvalue weighted by Gasteiger charge is -2.10. The number of alkyl halides is 3. The van der Waals surface area contributed by atoms with Crippen LogP contribution in [0.4, 0.5) is 13.2 Å². The minimum absolute atomic E-state index is 0.294. The van der Waals surface area contributed by atoms with Crippen molar-refractivity contribution in [1.82, 2.24) is 9.97 Å². The topological polar surface area (TPSA) is 45.8 Å². The largest absolute Gasteiger partial charge is 0.417 e. The summed E-state index contributed by atoms with van der Waals surface area (Å²) in [4.78, 5) is 20.0. The Labute approximate surface area is 137 Å². The van der Waals surface area contributed by atoms with Gasteiger partial charge in [-0.25, -0.2) is 4.98 Å². The van der Waals surface area contributed by atoms with Gasteiger partial charge in [-0.2, -0.15) is 13.2 Å². The molecule has 120 valence electrons. The van der Waals surface area contributed by atoms with E-state index in [9.17, 15) is 18.0 Å². The van der Waals surface area contributed by atoms with Crippen molar-refractivity contribution in [3.05, 3.63) is 50.5 Å². The van der Waals surface area contributed by atoms with Crippen molar-refractivity contribution >= 4 is 33.2 Å². The van der Waals surface area contributed by atoms with E-state index < -0.39 is 11.7 Å². The van der Waals surface area contributed by atoms with Crippen LogP contribution < -0.4 is 5.56 Å². The first-order valence-corrected chi connectivity index (χ1v) is 7.75. The van der Waals surface area contributed by atoms with Gasteiger partial charge in [-0.1, -0.05) is 17.7 Å². The molecule has 0 unspecified atom stereocenters. The third kappa shape index (κ3) is 2.74. The van der Waals surface area contributed by atoms with Crippen LogP contribution in [0.3, 0.4) is 0 Å². The number of hydrogen-bond donors (Lipinski definition) is 1. The van der Waals surface area contributed by atoms with Crippen LogP contribution in [0.1, 0.15) is 17.0 Å². The summed E-state index contributed by atoms with van der Waals surface area (Å²) < 4.78 is 39.1. The molecule has 0 saturated carbocycles. The third-order valence-corrected chi connectivity index (χ3v) is 5.02. The lowest BCUT2D eigenvalue weighted by atomic mass is 10.1. The number of aromatic amines is 1. The van der Waals surface area contributed by atoms with Crippen LogP contribution in [-0.4, -0.2) is 9.97 Å². The van der Waals surface area contributed by atoms with Crippen LogP contribution in [-0.2, 0) is 6.18 Å². The van der Waals surface area contributed by atoms with E-state index in [0.717, 1.165) is 6.07 Å². The smallest absolute Gasteiger partial charge is 0.310 e. The molecule has 0 aliphatic heterocycles. The fourth-order valence-electron chi connectivity index (χ4n) is 2.41. The highest BCUT2D eigenvalue weighted by molar-refractivity contribution is 7.22. The van der Waals surface area contributed by atoms with Gasteiger partial charge < -0.3 is 4.98 Å². The van der Waals surface area contributed by atoms with Gasteiger partial charge in [0.25, 0.3) is 5.56 Å². The molecule has 0 radical (unpaired) electrons. The molecule has 0 aliphatic carbocycles. The molecular formula is C15H10ClF3N2OS. The number of nitrogens with one attached hydrogen (secondary N) is 1. The summed E-state index contributed by atoms with van der Waals surface area (Å²) >= 11 is 6.84. The lowest BCUT2D eigenvalue weighted by molar-refractivity contribution is -0.137. The Kier molecular flexibility index (Phi) is 3.72. The standard InChI is InChI=1S/C15H10ClF3N2OS/c1-6-11-13(22)20-7(2)21-14(11)23-12(6)8-3-4-10(16)9(5-8)15(17,18)19/h3-5H,1-2H3,(H,20,21,22). The summed E-state index contributed by atoms with van der Waals surface area (Å²) in [6.07, 6.45) is -4.54. The van der Waals surface area contributed by atoms with Gasteiger partial charge in [-0.15, -0.1) is 11.3 Å². The highest BCUT2D eigenvalue weighted by Gasteiger charge is 2.33. The molecule has 0 atom stereocenters. The Balaban J connectivity index is 2.28. The molecule has 0 saturated heterocycles. The molecule has 0 bridgehead atoms. The number of thiophene rings is 1. The predicted octanol–water partition coefficient (Wildman–Crippen LogP) is 4.94. The van der Waals surface area contributed by atoms with E-state index in [2.05, 4.69) is 9.97 Å². The van der Waals surface area contributed by atoms with Crippen molar-refractivity contribution in [2.24, 2.45) is 0 Å². The van der Waals surface area contributed by atoms with Gasteiger partial charge in [0, 0.05) is 4.88 Å². The van der Waals surface area contributed by atoms with E-state index in [-0.39, 0.29) is 10.6 Å². The number of benzene rings is 1. The minimum Gasteiger partial charge on any atom is -0.310 e. The third-order valence-electron chi connectivity index (χ3n) is 3.45. The van der Waals surface area contributed by atoms with Crippen molar-refractivity contribution in [3.8, 4) is 10.4 Å². The Morgan fingerprint density at radius 1 is 1.26 bits per heavy atom. The first-order chi connectivity index (χ1) is 10.7. The van der Waals surface area contributed by atoms with Crippen LogP contribution in [0.25, 0.3) is 20.7 Å². The van der Waals surface area contributed by atoms with Crippen molar-refractivity contribution in [1.29, 1.82) is 0 Å². The molecule has 0 fully saturated rings. The second kappa shape index (κ2) is 5.35. The van der Waals surface area contributed by atoms with E-state index in [0.29, 0.717) is 32.0 Å². The number of H-pyrrole nitrogens is 1. The van der Waals surface area contributed by atoms with E-state index in [1.165, 1.54) is 23.5 Å². The molecule has 3 aromatic rings. The number of aryl methyl sites for hydroxylation is 2. The molecule has 3 rings (SSSR count). The average Bonchev–Trinajstić information content (AvgIpc) is 2.75. The molecule has 0 aliphatic rings. The maximum Gasteiger partial charge on any atom is 0.417 e. The molecular weight excluding hydrogens is 349 g/mol. The fourth-order valence-corrected chi connectivity index (χ4v) is 3.86. The molecule has 1 aromatic carbocycles. The Bertz CT molecular complexity index is 975. The molecule has 0 amide bonds. The summed E-state index contributed by atoms with van der Waals surface area (Å²) in [7, 11) is 0. The molecule has 3 nitrogen and oxygen atoms in total. The van der Waals surface area contributed by atoms with Crippen LogP contribution in [0, 0.1) is 13.8 Å². The molecule has 8 heteroatoms. The second-order valence-corrected chi connectivity index (χ2v) is 6.49. The van der Waals surface area contributed by atoms with Crippen LogP contribution >= 0.6 is 22.9 Å². The van der Waals surface area contributed by atoms with Crippen molar-refractivity contribution < 1.29 is 13.2 Å². The van der Waals surface area contributed by atoms with Gasteiger partial charge in [0.05, 0.1) is 16.0 Å². The maximum atomic E-state index is 13.0. The Hall–Kier alpha value is -1.86.